The first-order valence-corrected chi connectivity index (χ1v) is 7.69. The Balaban J connectivity index is 2.25. The van der Waals surface area contributed by atoms with Crippen LogP contribution >= 0.6 is 0 Å². The molecule has 0 saturated heterocycles. The fraction of sp³-hybridized carbons (Fsp3) is 0.500. The zero-order chi connectivity index (χ0) is 14.6. The van der Waals surface area contributed by atoms with E-state index in [9.17, 15) is 4.79 Å². The van der Waals surface area contributed by atoms with Gasteiger partial charge in [-0.2, -0.15) is 0 Å². The topological polar surface area (TPSA) is 37.3 Å². The summed E-state index contributed by atoms with van der Waals surface area (Å²) < 4.78 is 0. The average molecular weight is 274 g/mol. The summed E-state index contributed by atoms with van der Waals surface area (Å²) in [5, 5.41) is 8.64. The summed E-state index contributed by atoms with van der Waals surface area (Å²) in [5.74, 6) is -0.739. The number of unbranched alkanes of at least 4 members (excludes halogenated alkanes) is 5. The highest BCUT2D eigenvalue weighted by Crippen LogP contribution is 2.10. The number of aliphatic carboxylic acids is 1. The Morgan fingerprint density at radius 3 is 2.45 bits per heavy atom. The largest absolute Gasteiger partial charge is 0.481 e. The molecule has 2 nitrogen and oxygen atoms in total. The Morgan fingerprint density at radius 1 is 1.10 bits per heavy atom. The SMILES string of the molecule is CCCCCCC/C=C/c1ccc(CCC(=O)O)cc1. The van der Waals surface area contributed by atoms with Crippen molar-refractivity contribution in [1.82, 2.24) is 0 Å². The van der Waals surface area contributed by atoms with Crippen molar-refractivity contribution in [3.8, 4) is 0 Å². The van der Waals surface area contributed by atoms with Crippen LogP contribution in [0.1, 0.15) is 63.0 Å². The van der Waals surface area contributed by atoms with E-state index in [0.29, 0.717) is 6.42 Å². The van der Waals surface area contributed by atoms with Gasteiger partial charge in [0.05, 0.1) is 0 Å². The van der Waals surface area contributed by atoms with E-state index in [1.807, 2.05) is 12.1 Å². The van der Waals surface area contributed by atoms with Crippen molar-refractivity contribution in [2.75, 3.05) is 0 Å². The van der Waals surface area contributed by atoms with Crippen LogP contribution in [0.4, 0.5) is 0 Å². The summed E-state index contributed by atoms with van der Waals surface area (Å²) in [5.41, 5.74) is 2.28. The summed E-state index contributed by atoms with van der Waals surface area (Å²) in [6.45, 7) is 2.24. The number of aryl methyl sites for hydroxylation is 1. The molecule has 0 atom stereocenters. The molecule has 0 aliphatic heterocycles. The van der Waals surface area contributed by atoms with Gasteiger partial charge < -0.3 is 5.11 Å². The molecule has 0 aromatic heterocycles. The van der Waals surface area contributed by atoms with Crippen molar-refractivity contribution < 1.29 is 9.90 Å². The lowest BCUT2D eigenvalue weighted by Gasteiger charge is -2.00. The molecule has 0 aliphatic carbocycles. The summed E-state index contributed by atoms with van der Waals surface area (Å²) in [7, 11) is 0. The molecule has 2 heteroatoms. The second-order valence-electron chi connectivity index (χ2n) is 5.24. The maximum Gasteiger partial charge on any atom is 0.303 e. The number of allylic oxidation sites excluding steroid dienone is 1. The quantitative estimate of drug-likeness (QED) is 0.604. The van der Waals surface area contributed by atoms with Crippen molar-refractivity contribution in [2.45, 2.75) is 58.3 Å². The number of benzene rings is 1. The van der Waals surface area contributed by atoms with E-state index in [1.165, 1.54) is 37.7 Å². The van der Waals surface area contributed by atoms with E-state index in [0.717, 1.165) is 12.0 Å². The van der Waals surface area contributed by atoms with Gasteiger partial charge in [0.25, 0.3) is 0 Å². The monoisotopic (exact) mass is 274 g/mol. The van der Waals surface area contributed by atoms with Gasteiger partial charge in [-0.25, -0.2) is 0 Å². The third-order valence-corrected chi connectivity index (χ3v) is 3.39. The Labute approximate surface area is 122 Å². The van der Waals surface area contributed by atoms with E-state index in [1.54, 1.807) is 0 Å². The van der Waals surface area contributed by atoms with E-state index in [4.69, 9.17) is 5.11 Å². The van der Waals surface area contributed by atoms with Gasteiger partial charge in [0, 0.05) is 6.42 Å². The molecule has 0 spiro atoms. The third kappa shape index (κ3) is 7.78. The molecule has 20 heavy (non-hydrogen) atoms. The summed E-state index contributed by atoms with van der Waals surface area (Å²) in [4.78, 5) is 10.5. The minimum atomic E-state index is -0.739. The number of carboxylic acids is 1. The first-order valence-electron chi connectivity index (χ1n) is 7.69. The summed E-state index contributed by atoms with van der Waals surface area (Å²) >= 11 is 0. The summed E-state index contributed by atoms with van der Waals surface area (Å²) in [6.07, 6.45) is 12.9. The molecular weight excluding hydrogens is 248 g/mol. The van der Waals surface area contributed by atoms with Crippen LogP contribution < -0.4 is 0 Å². The van der Waals surface area contributed by atoms with Gasteiger partial charge in [0.1, 0.15) is 0 Å². The van der Waals surface area contributed by atoms with Crippen molar-refractivity contribution in [2.24, 2.45) is 0 Å². The normalized spacial score (nSPS) is 11.1. The molecule has 110 valence electrons. The molecule has 0 amide bonds. The molecule has 0 radical (unpaired) electrons. The first-order chi connectivity index (χ1) is 9.72. The minimum Gasteiger partial charge on any atom is -0.481 e. The van der Waals surface area contributed by atoms with Crippen molar-refractivity contribution in [1.29, 1.82) is 0 Å². The highest BCUT2D eigenvalue weighted by molar-refractivity contribution is 5.67. The Bertz CT molecular complexity index is 404. The maximum atomic E-state index is 10.5. The molecule has 0 aliphatic rings. The number of hydrogen-bond acceptors (Lipinski definition) is 1. The van der Waals surface area contributed by atoms with Crippen molar-refractivity contribution >= 4 is 12.0 Å². The van der Waals surface area contributed by atoms with E-state index in [-0.39, 0.29) is 6.42 Å². The van der Waals surface area contributed by atoms with Gasteiger partial charge in [-0.1, -0.05) is 69.0 Å². The first kappa shape index (κ1) is 16.5. The van der Waals surface area contributed by atoms with E-state index < -0.39 is 5.97 Å². The second kappa shape index (κ2) is 10.2. The predicted molar refractivity (Wildman–Crippen MR) is 84.8 cm³/mol. The van der Waals surface area contributed by atoms with Gasteiger partial charge in [-0.3, -0.25) is 4.79 Å². The lowest BCUT2D eigenvalue weighted by Crippen LogP contribution is -1.97. The van der Waals surface area contributed by atoms with Crippen LogP contribution in [0.2, 0.25) is 0 Å². The van der Waals surface area contributed by atoms with Gasteiger partial charge in [0.2, 0.25) is 0 Å². The maximum absolute atomic E-state index is 10.5. The van der Waals surface area contributed by atoms with Gasteiger partial charge >= 0.3 is 5.97 Å². The third-order valence-electron chi connectivity index (χ3n) is 3.39. The van der Waals surface area contributed by atoms with Crippen molar-refractivity contribution in [3.63, 3.8) is 0 Å². The smallest absolute Gasteiger partial charge is 0.303 e. The number of carboxylic acid groups (broad SMARTS) is 1. The van der Waals surface area contributed by atoms with Gasteiger partial charge in [-0.15, -0.1) is 0 Å². The predicted octanol–water partition coefficient (Wildman–Crippen LogP) is 5.08. The zero-order valence-corrected chi connectivity index (χ0v) is 12.5. The lowest BCUT2D eigenvalue weighted by molar-refractivity contribution is -0.136. The van der Waals surface area contributed by atoms with Crippen LogP contribution in [-0.2, 0) is 11.2 Å². The molecule has 1 aromatic carbocycles. The van der Waals surface area contributed by atoms with Crippen LogP contribution in [0.3, 0.4) is 0 Å². The molecular formula is C18H26O2. The highest BCUT2D eigenvalue weighted by Gasteiger charge is 1.98. The Kier molecular flexibility index (Phi) is 8.44. The number of carbonyl (C=O) groups is 1. The molecule has 0 unspecified atom stereocenters. The fourth-order valence-electron chi connectivity index (χ4n) is 2.13. The second-order valence-corrected chi connectivity index (χ2v) is 5.24. The van der Waals surface area contributed by atoms with Crippen LogP contribution in [0.5, 0.6) is 0 Å². The standard InChI is InChI=1S/C18H26O2/c1-2-3-4-5-6-7-8-9-16-10-12-17(13-11-16)14-15-18(19)20/h8-13H,2-7,14-15H2,1H3,(H,19,20)/b9-8+. The van der Waals surface area contributed by atoms with E-state index >= 15 is 0 Å². The van der Waals surface area contributed by atoms with Crippen molar-refractivity contribution in [3.05, 3.63) is 41.5 Å². The molecule has 1 N–H and O–H groups in total. The highest BCUT2D eigenvalue weighted by atomic mass is 16.4. The van der Waals surface area contributed by atoms with Crippen LogP contribution in [0.15, 0.2) is 30.3 Å². The Hall–Kier alpha value is -1.57. The molecule has 1 rings (SSSR count). The number of rotatable bonds is 10. The fourth-order valence-corrected chi connectivity index (χ4v) is 2.13. The van der Waals surface area contributed by atoms with E-state index in [2.05, 4.69) is 31.2 Å². The molecule has 0 saturated carbocycles. The summed E-state index contributed by atoms with van der Waals surface area (Å²) in [6, 6.07) is 8.16. The zero-order valence-electron chi connectivity index (χ0n) is 12.5. The molecule has 1 aromatic rings. The average Bonchev–Trinajstić information content (AvgIpc) is 2.45. The van der Waals surface area contributed by atoms with Crippen LogP contribution in [0.25, 0.3) is 6.08 Å². The lowest BCUT2D eigenvalue weighted by atomic mass is 10.1. The van der Waals surface area contributed by atoms with Gasteiger partial charge in [-0.05, 0) is 30.4 Å². The number of hydrogen-bond donors (Lipinski definition) is 1. The molecule has 0 fully saturated rings. The van der Waals surface area contributed by atoms with Crippen LogP contribution in [0, 0.1) is 0 Å². The molecule has 0 heterocycles. The Morgan fingerprint density at radius 2 is 1.80 bits per heavy atom. The van der Waals surface area contributed by atoms with Gasteiger partial charge in [0.15, 0.2) is 0 Å². The molecule has 0 bridgehead atoms. The van der Waals surface area contributed by atoms with Crippen LogP contribution in [-0.4, -0.2) is 11.1 Å². The minimum absolute atomic E-state index is 0.201.